The van der Waals surface area contributed by atoms with E-state index in [0.29, 0.717) is 61.6 Å². The number of amides is 1. The molecule has 1 saturated heterocycles. The number of allylic oxidation sites excluding steroid dienone is 4. The normalized spacial score (nSPS) is 32.9. The number of aliphatic hydroxyl groups is 2. The van der Waals surface area contributed by atoms with Crippen LogP contribution in [0.5, 0.6) is 0 Å². The third-order valence-electron chi connectivity index (χ3n) is 13.4. The number of aliphatic hydroxyl groups excluding tert-OH is 2. The van der Waals surface area contributed by atoms with Crippen molar-refractivity contribution in [1.29, 1.82) is 0 Å². The van der Waals surface area contributed by atoms with Gasteiger partial charge in [-0.3, -0.25) is 24.4 Å². The van der Waals surface area contributed by atoms with Crippen molar-refractivity contribution in [3.05, 3.63) is 84.0 Å². The largest absolute Gasteiger partial charge is 0.423 e. The number of esters is 1. The van der Waals surface area contributed by atoms with Crippen LogP contribution in [0.1, 0.15) is 66.2 Å². The molecule has 2 aliphatic carbocycles. The van der Waals surface area contributed by atoms with Gasteiger partial charge in [-0.2, -0.15) is 9.59 Å². The number of ketones is 1. The van der Waals surface area contributed by atoms with Gasteiger partial charge in [0.05, 0.1) is 49.4 Å². The van der Waals surface area contributed by atoms with Gasteiger partial charge < -0.3 is 25.6 Å². The van der Waals surface area contributed by atoms with E-state index in [9.17, 15) is 24.6 Å². The van der Waals surface area contributed by atoms with Gasteiger partial charge in [-0.1, -0.05) is 45.1 Å². The molecule has 15 heteroatoms. The zero-order chi connectivity index (χ0) is 42.6. The first-order valence-corrected chi connectivity index (χ1v) is 20.3. The smallest absolute Gasteiger partial charge is 0.373 e. The van der Waals surface area contributed by atoms with E-state index in [2.05, 4.69) is 44.0 Å². The molecule has 1 aromatic heterocycles. The number of aromatic nitrogens is 1. The minimum atomic E-state index is -0.805. The van der Waals surface area contributed by atoms with Crippen molar-refractivity contribution in [2.75, 3.05) is 25.5 Å². The highest BCUT2D eigenvalue weighted by molar-refractivity contribution is 6.07. The van der Waals surface area contributed by atoms with Crippen molar-refractivity contribution >= 4 is 41.7 Å². The van der Waals surface area contributed by atoms with Gasteiger partial charge in [-0.05, 0) is 99.3 Å². The summed E-state index contributed by atoms with van der Waals surface area (Å²) in [5.74, 6) is 0.632. The Labute approximate surface area is 344 Å². The number of pyridine rings is 1. The highest BCUT2D eigenvalue weighted by Gasteiger charge is 2.60. The minimum Gasteiger partial charge on any atom is -0.423 e. The summed E-state index contributed by atoms with van der Waals surface area (Å²) in [4.78, 5) is 73.5. The minimum absolute atomic E-state index is 0.0355. The second-order valence-corrected chi connectivity index (χ2v) is 16.8. The van der Waals surface area contributed by atoms with Crippen molar-refractivity contribution in [2.45, 2.75) is 103 Å². The maximum Gasteiger partial charge on any atom is 0.373 e. The van der Waals surface area contributed by atoms with Crippen LogP contribution in [0.3, 0.4) is 0 Å². The number of nitrogens with one attached hydrogen (secondary N) is 2. The van der Waals surface area contributed by atoms with E-state index < -0.39 is 35.0 Å². The molecule has 3 fully saturated rings. The van der Waals surface area contributed by atoms with Crippen LogP contribution < -0.4 is 10.6 Å². The maximum absolute atomic E-state index is 13.9. The van der Waals surface area contributed by atoms with E-state index in [1.165, 1.54) is 0 Å². The quantitative estimate of drug-likeness (QED) is 0.167. The molecule has 7 rings (SSSR count). The molecule has 6 aliphatic rings. The number of amidine groups is 1. The number of ether oxygens (including phenoxy) is 1. The summed E-state index contributed by atoms with van der Waals surface area (Å²) < 4.78 is 5.89. The summed E-state index contributed by atoms with van der Waals surface area (Å²) in [6, 6.07) is 3.95. The predicted molar refractivity (Wildman–Crippen MR) is 219 cm³/mol. The molecule has 0 spiro atoms. The second-order valence-electron chi connectivity index (χ2n) is 16.8. The fourth-order valence-electron chi connectivity index (χ4n) is 10.1. The summed E-state index contributed by atoms with van der Waals surface area (Å²) in [6.45, 7) is 13.0. The molecule has 7 unspecified atom stereocenters. The average molecular weight is 810 g/mol. The standard InChI is InChI=1S/C43H55N7O6.CO2/c1-7-33-40(54)50-23-27(11-12-39(50)49(33)6)18-28-19-29(41(55)56-28)32(48-37-10-8-9-15-44-37)20-30-25(2)31(47-26(3)34(52)22-38-45-16-17-46-38)21-35-42(30,4)14-13-36(53)43(35,5)24-51;2-1-3/h8-12,15-16,18-19,23,26,30-33,35-36,39,47,51,53H,2,7,13-14,17,20-22,24H2,1,3-6H3,(H,44,48);/b28-18+;/t26?,30?,31?,32?,33?,35?,36-,39?,42-,43+;/m1./s1. The number of carbonyl (C=O) groups is 3. The zero-order valence-electron chi connectivity index (χ0n) is 34.3. The van der Waals surface area contributed by atoms with Crippen LogP contribution in [-0.2, 0) is 28.7 Å². The summed E-state index contributed by atoms with van der Waals surface area (Å²) in [6.07, 6.45) is 15.1. The number of hydrogen-bond donors (Lipinski definition) is 4. The third-order valence-corrected chi connectivity index (χ3v) is 13.4. The molecule has 0 aromatic carbocycles. The molecule has 15 nitrogen and oxygen atoms in total. The molecule has 0 radical (unpaired) electrons. The SMILES string of the molecule is C=C1C(NC(C)C(=O)CC2=NCC=N2)CC2[C@](C)(CC[C@@H](O)[C@@]2(C)CO)C1CC(Nc1ccccn1)C1=C/C(=C\C2=CN3C(=O)C(CC)N(C)C3C=C2)OC1=O.O=C=O. The predicted octanol–water partition coefficient (Wildman–Crippen LogP) is 3.51. The number of Topliss-reactive ketones (excluding diaryl/α,β-unsaturated/α-hetero) is 1. The number of hydrogen-bond acceptors (Lipinski definition) is 14. The Hall–Kier alpha value is -5.18. The second kappa shape index (κ2) is 18.0. The van der Waals surface area contributed by atoms with Crippen LogP contribution in [-0.4, -0.2) is 117 Å². The molecule has 0 bridgehead atoms. The fourth-order valence-corrected chi connectivity index (χ4v) is 10.1. The van der Waals surface area contributed by atoms with Crippen molar-refractivity contribution < 1.29 is 38.9 Å². The van der Waals surface area contributed by atoms with Crippen LogP contribution in [0.15, 0.2) is 93.9 Å². The molecule has 4 N–H and O–H groups in total. The molecular formula is C44H55N7O8. The molecule has 314 valence electrons. The number of fused-ring (bicyclic) bond motifs is 2. The first-order valence-electron chi connectivity index (χ1n) is 20.3. The first kappa shape index (κ1) is 43.4. The third kappa shape index (κ3) is 8.62. The fraction of sp³-hybridized carbons (Fsp3) is 0.523. The summed E-state index contributed by atoms with van der Waals surface area (Å²) in [5.41, 5.74) is 0.843. The van der Waals surface area contributed by atoms with Gasteiger partial charge in [0.25, 0.3) is 0 Å². The van der Waals surface area contributed by atoms with Gasteiger partial charge in [-0.15, -0.1) is 0 Å². The van der Waals surface area contributed by atoms with E-state index in [1.807, 2.05) is 64.4 Å². The van der Waals surface area contributed by atoms with Crippen molar-refractivity contribution in [3.63, 3.8) is 0 Å². The molecule has 1 aromatic rings. The van der Waals surface area contributed by atoms with E-state index in [1.54, 1.807) is 29.5 Å². The molecular weight excluding hydrogens is 755 g/mol. The van der Waals surface area contributed by atoms with Crippen molar-refractivity contribution in [1.82, 2.24) is 20.1 Å². The summed E-state index contributed by atoms with van der Waals surface area (Å²) in [7, 11) is 1.95. The Morgan fingerprint density at radius 1 is 1.24 bits per heavy atom. The zero-order valence-corrected chi connectivity index (χ0v) is 34.3. The van der Waals surface area contributed by atoms with Gasteiger partial charge in [0, 0.05) is 30.1 Å². The number of likely N-dealkylation sites (N-methyl/N-ethyl adjacent to an activating group) is 1. The number of nitrogens with zero attached hydrogens (tertiary/aromatic N) is 5. The highest BCUT2D eigenvalue weighted by atomic mass is 16.5. The number of rotatable bonds is 13. The van der Waals surface area contributed by atoms with Crippen LogP contribution in [0.2, 0.25) is 0 Å². The van der Waals surface area contributed by atoms with Crippen LogP contribution >= 0.6 is 0 Å². The number of aliphatic imine (C=N–C) groups is 2. The lowest BCUT2D eigenvalue weighted by atomic mass is 9.45. The monoisotopic (exact) mass is 809 g/mol. The lowest BCUT2D eigenvalue weighted by Crippen LogP contribution is -2.62. The topological polar surface area (TPSA) is 203 Å². The van der Waals surface area contributed by atoms with Crippen LogP contribution in [0.4, 0.5) is 5.82 Å². The Kier molecular flexibility index (Phi) is 13.2. The lowest BCUT2D eigenvalue weighted by Gasteiger charge is -2.62. The molecule has 5 heterocycles. The maximum atomic E-state index is 13.9. The Morgan fingerprint density at radius 2 is 2.00 bits per heavy atom. The van der Waals surface area contributed by atoms with Gasteiger partial charge >= 0.3 is 12.1 Å². The van der Waals surface area contributed by atoms with Gasteiger partial charge in [-0.25, -0.2) is 14.8 Å². The number of cyclic esters (lactones) is 1. The van der Waals surface area contributed by atoms with Crippen LogP contribution in [0, 0.1) is 22.7 Å². The van der Waals surface area contributed by atoms with E-state index in [-0.39, 0.29) is 61.0 Å². The number of carbonyl (C=O) groups excluding carboxylic acids is 5. The molecule has 2 saturated carbocycles. The van der Waals surface area contributed by atoms with Gasteiger partial charge in [0.1, 0.15) is 23.6 Å². The number of anilines is 1. The summed E-state index contributed by atoms with van der Waals surface area (Å²) in [5, 5.41) is 29.4. The van der Waals surface area contributed by atoms with Crippen LogP contribution in [0.25, 0.3) is 0 Å². The van der Waals surface area contributed by atoms with E-state index >= 15 is 0 Å². The van der Waals surface area contributed by atoms with Crippen molar-refractivity contribution in [2.24, 2.45) is 32.7 Å². The molecule has 59 heavy (non-hydrogen) atoms. The Morgan fingerprint density at radius 3 is 2.66 bits per heavy atom. The first-order chi connectivity index (χ1) is 28.2. The van der Waals surface area contributed by atoms with Gasteiger partial charge in [0.2, 0.25) is 5.91 Å². The van der Waals surface area contributed by atoms with Crippen molar-refractivity contribution in [3.8, 4) is 0 Å². The van der Waals surface area contributed by atoms with E-state index in [4.69, 9.17) is 14.3 Å². The van der Waals surface area contributed by atoms with E-state index in [0.717, 1.165) is 11.1 Å². The molecule has 10 atom stereocenters. The van der Waals surface area contributed by atoms with Gasteiger partial charge in [0.15, 0.2) is 5.78 Å². The summed E-state index contributed by atoms with van der Waals surface area (Å²) >= 11 is 0. The molecule has 4 aliphatic heterocycles. The Bertz CT molecular complexity index is 2040. The lowest BCUT2D eigenvalue weighted by molar-refractivity contribution is -0.191. The highest BCUT2D eigenvalue weighted by Crippen LogP contribution is 2.62. The molecule has 1 amide bonds. The average Bonchev–Trinajstić information content (AvgIpc) is 3.93. The Balaban J connectivity index is 0.00000189.